The van der Waals surface area contributed by atoms with Crippen molar-refractivity contribution in [3.63, 3.8) is 0 Å². The number of hydrogen-bond donors (Lipinski definition) is 0. The number of carbonyl (C=O) groups is 1. The molecule has 3 fully saturated rings. The van der Waals surface area contributed by atoms with Crippen LogP contribution in [0.1, 0.15) is 16.8 Å². The highest BCUT2D eigenvalue weighted by atomic mass is 32.2. The van der Waals surface area contributed by atoms with Crippen molar-refractivity contribution >= 4 is 17.7 Å². The van der Waals surface area contributed by atoms with Crippen LogP contribution in [0.3, 0.4) is 0 Å². The third-order valence-corrected chi connectivity index (χ3v) is 6.22. The van der Waals surface area contributed by atoms with Crippen LogP contribution in [-0.2, 0) is 4.84 Å². The SMILES string of the molecule is CSC1CC12[C@@H]1CN(OC(=O)c3ccccc3)C[C@@H]12. The Morgan fingerprint density at radius 3 is 2.58 bits per heavy atom. The van der Waals surface area contributed by atoms with E-state index in [4.69, 9.17) is 4.84 Å². The molecule has 2 saturated carbocycles. The number of nitrogens with zero attached hydrogens (tertiary/aromatic N) is 1. The van der Waals surface area contributed by atoms with Gasteiger partial charge in [-0.3, -0.25) is 0 Å². The topological polar surface area (TPSA) is 29.5 Å². The molecule has 4 rings (SSSR count). The molecule has 0 N–H and O–H groups in total. The zero-order chi connectivity index (χ0) is 13.0. The zero-order valence-corrected chi connectivity index (χ0v) is 11.7. The second-order valence-corrected chi connectivity index (χ2v) is 6.89. The van der Waals surface area contributed by atoms with Crippen molar-refractivity contribution in [1.82, 2.24) is 5.06 Å². The second-order valence-electron chi connectivity index (χ2n) is 5.85. The van der Waals surface area contributed by atoms with Gasteiger partial charge < -0.3 is 4.84 Å². The van der Waals surface area contributed by atoms with Crippen molar-refractivity contribution in [3.05, 3.63) is 35.9 Å². The van der Waals surface area contributed by atoms with E-state index in [1.165, 1.54) is 6.42 Å². The van der Waals surface area contributed by atoms with Crippen molar-refractivity contribution in [1.29, 1.82) is 0 Å². The Hall–Kier alpha value is -1.00. The highest BCUT2D eigenvalue weighted by Crippen LogP contribution is 2.79. The van der Waals surface area contributed by atoms with Gasteiger partial charge in [-0.25, -0.2) is 4.79 Å². The summed E-state index contributed by atoms with van der Waals surface area (Å²) in [7, 11) is 0. The van der Waals surface area contributed by atoms with E-state index in [9.17, 15) is 4.79 Å². The predicted octanol–water partition coefficient (Wildman–Crippen LogP) is 2.44. The molecule has 1 aromatic carbocycles. The molecule has 1 aliphatic heterocycles. The second kappa shape index (κ2) is 4.00. The van der Waals surface area contributed by atoms with E-state index in [1.807, 2.05) is 35.0 Å². The summed E-state index contributed by atoms with van der Waals surface area (Å²) in [6.45, 7) is 1.86. The molecule has 0 bridgehead atoms. The molecule has 1 spiro atoms. The molecule has 1 saturated heterocycles. The third kappa shape index (κ3) is 1.66. The summed E-state index contributed by atoms with van der Waals surface area (Å²) in [5.74, 6) is 1.32. The van der Waals surface area contributed by atoms with Gasteiger partial charge in [-0.05, 0) is 42.1 Å². The minimum atomic E-state index is -0.229. The molecule has 4 heteroatoms. The molecule has 3 aliphatic rings. The maximum absolute atomic E-state index is 12.0. The standard InChI is InChI=1S/C15H17NO2S/c1-19-13-7-15(13)11-8-16(9-12(11)15)18-14(17)10-5-3-2-4-6-10/h2-6,11-13H,7-9H2,1H3/t11-,12+,13?,15?. The quantitative estimate of drug-likeness (QED) is 0.847. The highest BCUT2D eigenvalue weighted by Gasteiger charge is 2.80. The van der Waals surface area contributed by atoms with Gasteiger partial charge in [0.2, 0.25) is 0 Å². The average molecular weight is 275 g/mol. The maximum atomic E-state index is 12.0. The largest absolute Gasteiger partial charge is 0.364 e. The first-order valence-corrected chi connectivity index (χ1v) is 8.09. The van der Waals surface area contributed by atoms with Gasteiger partial charge in [-0.15, -0.1) is 5.06 Å². The minimum Gasteiger partial charge on any atom is -0.364 e. The van der Waals surface area contributed by atoms with Crippen LogP contribution >= 0.6 is 11.8 Å². The lowest BCUT2D eigenvalue weighted by Gasteiger charge is -2.18. The van der Waals surface area contributed by atoms with Gasteiger partial charge in [-0.1, -0.05) is 18.2 Å². The first kappa shape index (κ1) is 11.8. The zero-order valence-electron chi connectivity index (χ0n) is 10.9. The van der Waals surface area contributed by atoms with Gasteiger partial charge >= 0.3 is 5.97 Å². The lowest BCUT2D eigenvalue weighted by Crippen LogP contribution is -2.28. The highest BCUT2D eigenvalue weighted by molar-refractivity contribution is 7.99. The molecule has 1 heterocycles. The number of piperidine rings is 1. The molecule has 3 nitrogen and oxygen atoms in total. The molecule has 0 radical (unpaired) electrons. The number of rotatable bonds is 3. The van der Waals surface area contributed by atoms with Crippen LogP contribution < -0.4 is 0 Å². The van der Waals surface area contributed by atoms with Gasteiger partial charge in [0.15, 0.2) is 0 Å². The Morgan fingerprint density at radius 1 is 1.32 bits per heavy atom. The van der Waals surface area contributed by atoms with Crippen LogP contribution in [-0.4, -0.2) is 35.6 Å². The van der Waals surface area contributed by atoms with Crippen molar-refractivity contribution < 1.29 is 9.63 Å². The van der Waals surface area contributed by atoms with Crippen molar-refractivity contribution in [2.75, 3.05) is 19.3 Å². The minimum absolute atomic E-state index is 0.229. The van der Waals surface area contributed by atoms with Crippen molar-refractivity contribution in [2.45, 2.75) is 11.7 Å². The van der Waals surface area contributed by atoms with Crippen LogP contribution in [0.5, 0.6) is 0 Å². The van der Waals surface area contributed by atoms with Gasteiger partial charge in [0.05, 0.1) is 5.56 Å². The van der Waals surface area contributed by atoms with Gasteiger partial charge in [0.1, 0.15) is 0 Å². The first-order chi connectivity index (χ1) is 9.25. The molecule has 2 aliphatic carbocycles. The summed E-state index contributed by atoms with van der Waals surface area (Å²) in [6, 6.07) is 9.22. The Kier molecular flexibility index (Phi) is 2.48. The average Bonchev–Trinajstić information content (AvgIpc) is 3.24. The normalized spacial score (nSPS) is 39.1. The number of hydroxylamine groups is 2. The Balaban J connectivity index is 1.34. The van der Waals surface area contributed by atoms with Crippen LogP contribution in [0, 0.1) is 17.3 Å². The van der Waals surface area contributed by atoms with Gasteiger partial charge in [-0.2, -0.15) is 11.8 Å². The van der Waals surface area contributed by atoms with E-state index in [1.54, 1.807) is 12.1 Å². The fourth-order valence-corrected chi connectivity index (χ4v) is 5.14. The fourth-order valence-electron chi connectivity index (χ4n) is 3.90. The lowest BCUT2D eigenvalue weighted by molar-refractivity contribution is -0.104. The molecule has 2 unspecified atom stereocenters. The molecule has 100 valence electrons. The summed E-state index contributed by atoms with van der Waals surface area (Å²) in [5, 5.41) is 2.74. The number of fused-ring (bicyclic) bond motifs is 3. The Morgan fingerprint density at radius 2 is 2.00 bits per heavy atom. The summed E-state index contributed by atoms with van der Waals surface area (Å²) >= 11 is 2.00. The molecule has 4 atom stereocenters. The number of hydrogen-bond acceptors (Lipinski definition) is 4. The van der Waals surface area contributed by atoms with Gasteiger partial charge in [0, 0.05) is 18.3 Å². The summed E-state index contributed by atoms with van der Waals surface area (Å²) < 4.78 is 0. The number of thioether (sulfide) groups is 1. The molecule has 0 aromatic heterocycles. The van der Waals surface area contributed by atoms with E-state index < -0.39 is 0 Å². The Bertz CT molecular complexity index is 506. The van der Waals surface area contributed by atoms with Crippen molar-refractivity contribution in [2.24, 2.45) is 17.3 Å². The summed E-state index contributed by atoms with van der Waals surface area (Å²) in [4.78, 5) is 17.4. The van der Waals surface area contributed by atoms with Crippen LogP contribution in [0.2, 0.25) is 0 Å². The Labute approximate surface area is 117 Å². The van der Waals surface area contributed by atoms with Crippen LogP contribution in [0.4, 0.5) is 0 Å². The van der Waals surface area contributed by atoms with E-state index in [-0.39, 0.29) is 5.97 Å². The molecule has 1 aromatic rings. The summed E-state index contributed by atoms with van der Waals surface area (Å²) in [6.07, 6.45) is 3.59. The third-order valence-electron chi connectivity index (χ3n) is 5.04. The molecular weight excluding hydrogens is 258 g/mol. The van der Waals surface area contributed by atoms with Crippen LogP contribution in [0.25, 0.3) is 0 Å². The molecule has 0 amide bonds. The van der Waals surface area contributed by atoms with Gasteiger partial charge in [0.25, 0.3) is 0 Å². The molecule has 19 heavy (non-hydrogen) atoms. The lowest BCUT2D eigenvalue weighted by atomic mass is 10.2. The first-order valence-electron chi connectivity index (χ1n) is 6.81. The predicted molar refractivity (Wildman–Crippen MR) is 74.8 cm³/mol. The fraction of sp³-hybridized carbons (Fsp3) is 0.533. The van der Waals surface area contributed by atoms with E-state index in [0.717, 1.165) is 30.2 Å². The maximum Gasteiger partial charge on any atom is 0.357 e. The summed E-state index contributed by atoms with van der Waals surface area (Å²) in [5.41, 5.74) is 1.26. The monoisotopic (exact) mass is 275 g/mol. The van der Waals surface area contributed by atoms with Crippen molar-refractivity contribution in [3.8, 4) is 0 Å². The molecular formula is C15H17NO2S. The number of carbonyl (C=O) groups excluding carboxylic acids is 1. The van der Waals surface area contributed by atoms with E-state index in [2.05, 4.69) is 6.26 Å². The van der Waals surface area contributed by atoms with E-state index in [0.29, 0.717) is 11.0 Å². The number of benzene rings is 1. The van der Waals surface area contributed by atoms with E-state index >= 15 is 0 Å². The van der Waals surface area contributed by atoms with Crippen LogP contribution in [0.15, 0.2) is 30.3 Å². The smallest absolute Gasteiger partial charge is 0.357 e.